The van der Waals surface area contributed by atoms with Crippen molar-refractivity contribution in [3.8, 4) is 11.5 Å². The predicted octanol–water partition coefficient (Wildman–Crippen LogP) is 9.33. The van der Waals surface area contributed by atoms with E-state index in [4.69, 9.17) is 21.1 Å². The number of allylic oxidation sites excluding steroid dienone is 1. The van der Waals surface area contributed by atoms with Gasteiger partial charge in [-0.05, 0) is 109 Å². The fraction of sp³-hybridized carbons (Fsp3) is 0.431. The van der Waals surface area contributed by atoms with Crippen LogP contribution in [0, 0.1) is 11.3 Å². The molecule has 1 atom stereocenters. The van der Waals surface area contributed by atoms with Crippen LogP contribution in [0.2, 0.25) is 5.02 Å². The monoisotopic (exact) mass is 1100 g/mol. The van der Waals surface area contributed by atoms with Crippen LogP contribution < -0.4 is 14.4 Å². The van der Waals surface area contributed by atoms with Crippen molar-refractivity contribution in [1.82, 2.24) is 24.5 Å². The van der Waals surface area contributed by atoms with E-state index >= 15 is 0 Å². The van der Waals surface area contributed by atoms with Crippen LogP contribution in [0.15, 0.2) is 105 Å². The van der Waals surface area contributed by atoms with Crippen LogP contribution >= 0.6 is 11.6 Å². The first kappa shape index (κ1) is 54.7. The van der Waals surface area contributed by atoms with Crippen molar-refractivity contribution in [1.29, 1.82) is 0 Å². The highest BCUT2D eigenvalue weighted by molar-refractivity contribution is 7.94. The molecule has 2 amide bonds. The number of pyridine rings is 1. The summed E-state index contributed by atoms with van der Waals surface area (Å²) in [4.78, 5) is 37.6. The fourth-order valence-corrected chi connectivity index (χ4v) is 13.7. The third kappa shape index (κ3) is 12.9. The van der Waals surface area contributed by atoms with Gasteiger partial charge in [0.15, 0.2) is 0 Å². The molecule has 74 heavy (non-hydrogen) atoms. The van der Waals surface area contributed by atoms with E-state index in [0.29, 0.717) is 40.9 Å². The van der Waals surface area contributed by atoms with Gasteiger partial charge in [0.25, 0.3) is 25.8 Å². The number of aromatic amines is 1. The summed E-state index contributed by atoms with van der Waals surface area (Å²) in [5.74, 6) is -1.38. The number of H-pyrrole nitrogens is 1. The molecule has 0 radical (unpaired) electrons. The number of alkyl halides is 3. The lowest BCUT2D eigenvalue weighted by molar-refractivity contribution is -0.0436. The number of carbonyl (C=O) groups excluding carboxylic acids is 2. The molecule has 16 nitrogen and oxygen atoms in total. The van der Waals surface area contributed by atoms with Gasteiger partial charge in [0.2, 0.25) is 0 Å². The summed E-state index contributed by atoms with van der Waals surface area (Å²) >= 11 is 6.24. The Hall–Kier alpha value is -5.52. The average Bonchev–Trinajstić information content (AvgIpc) is 3.81. The molecule has 0 saturated carbocycles. The zero-order valence-corrected chi connectivity index (χ0v) is 44.6. The maximum atomic E-state index is 14.2. The first-order chi connectivity index (χ1) is 34.9. The summed E-state index contributed by atoms with van der Waals surface area (Å²) in [6, 6.07) is 18.5. The summed E-state index contributed by atoms with van der Waals surface area (Å²) in [6.07, 6.45) is 5.01. The molecule has 23 heteroatoms. The van der Waals surface area contributed by atoms with Crippen molar-refractivity contribution in [2.24, 2.45) is 15.7 Å². The van der Waals surface area contributed by atoms with Crippen molar-refractivity contribution < 1.29 is 53.3 Å². The quantitative estimate of drug-likeness (QED) is 0.101. The maximum Gasteiger partial charge on any atom is 0.501 e. The second-order valence-electron chi connectivity index (χ2n) is 19.8. The summed E-state index contributed by atoms with van der Waals surface area (Å²) in [6.45, 7) is 12.2. The van der Waals surface area contributed by atoms with Gasteiger partial charge in [-0.25, -0.2) is 35.5 Å². The Morgan fingerprint density at radius 3 is 2.35 bits per heavy atom. The molecule has 2 aliphatic heterocycles. The van der Waals surface area contributed by atoms with Gasteiger partial charge in [-0.2, -0.15) is 13.2 Å². The number of sulfonamides is 1. The molecule has 8 rings (SSSR count). The van der Waals surface area contributed by atoms with Crippen molar-refractivity contribution >= 4 is 75.5 Å². The van der Waals surface area contributed by atoms with Crippen LogP contribution in [0.3, 0.4) is 0 Å². The van der Waals surface area contributed by atoms with E-state index in [1.54, 1.807) is 44.3 Å². The number of halogens is 4. The second kappa shape index (κ2) is 22.0. The minimum Gasteiger partial charge on any atom is -0.455 e. The van der Waals surface area contributed by atoms with Crippen molar-refractivity contribution in [3.63, 3.8) is 0 Å². The number of piperazine rings is 1. The number of hydrogen-bond donors (Lipinski definition) is 2. The Morgan fingerprint density at radius 1 is 0.946 bits per heavy atom. The molecule has 2 N–H and O–H groups in total. The molecule has 2 fully saturated rings. The number of carbonyl (C=O) groups is 2. The predicted molar refractivity (Wildman–Crippen MR) is 278 cm³/mol. The third-order valence-corrected chi connectivity index (χ3v) is 18.9. The first-order valence-electron chi connectivity index (χ1n) is 24.2. The smallest absolute Gasteiger partial charge is 0.455 e. The van der Waals surface area contributed by atoms with Crippen molar-refractivity contribution in [2.75, 3.05) is 75.4 Å². The third-order valence-electron chi connectivity index (χ3n) is 13.6. The number of benzene rings is 3. The van der Waals surface area contributed by atoms with Gasteiger partial charge in [0.05, 0.1) is 37.9 Å². The summed E-state index contributed by atoms with van der Waals surface area (Å²) in [5, 5.41) is 1.39. The zero-order valence-electron chi connectivity index (χ0n) is 41.4. The van der Waals surface area contributed by atoms with Crippen LogP contribution in [0.5, 0.6) is 11.5 Å². The van der Waals surface area contributed by atoms with Crippen LogP contribution in [0.1, 0.15) is 68.4 Å². The number of rotatable bonds is 15. The Morgan fingerprint density at radius 2 is 1.66 bits per heavy atom. The highest BCUT2D eigenvalue weighted by Crippen LogP contribution is 2.44. The molecule has 1 aliphatic carbocycles. The van der Waals surface area contributed by atoms with Crippen molar-refractivity contribution in [3.05, 3.63) is 112 Å². The van der Waals surface area contributed by atoms with Gasteiger partial charge in [-0.3, -0.25) is 9.69 Å². The molecule has 2 saturated heterocycles. The summed E-state index contributed by atoms with van der Waals surface area (Å²) in [5.41, 5.74) is -0.950. The van der Waals surface area contributed by atoms with Crippen LogP contribution in [-0.4, -0.2) is 129 Å². The molecule has 0 unspecified atom stereocenters. The van der Waals surface area contributed by atoms with E-state index in [1.165, 1.54) is 29.0 Å². The number of fused-ring (bicyclic) bond motifs is 1. The molecule has 4 heterocycles. The number of hydrogen-bond acceptors (Lipinski definition) is 13. The van der Waals surface area contributed by atoms with E-state index in [0.717, 1.165) is 51.0 Å². The topological polar surface area (TPSA) is 201 Å². The lowest BCUT2D eigenvalue weighted by atomic mass is 9.72. The molecular weight excluding hydrogens is 1040 g/mol. The minimum atomic E-state index is -6.11. The van der Waals surface area contributed by atoms with Gasteiger partial charge in [0, 0.05) is 92.2 Å². The number of amides is 2. The van der Waals surface area contributed by atoms with E-state index in [1.807, 2.05) is 21.8 Å². The Kier molecular flexibility index (Phi) is 16.3. The highest BCUT2D eigenvalue weighted by atomic mass is 35.5. The Labute approximate surface area is 434 Å². The van der Waals surface area contributed by atoms with Crippen LogP contribution in [0.4, 0.5) is 23.7 Å². The first-order valence-corrected chi connectivity index (χ1v) is 29.4. The standard InChI is InChI=1S/C51H59ClF3N7O9S3/c1-5-70-49(64)59-72(65)24-22-61(23-25-72)32-34(2)26-36-8-12-42(29-46(36)73(66,67)51(53,54)55)74(68,69)58-48(63)43-13-11-40(28-45(43)71-41-27-37-15-17-56-47(37)57-31-41)62-20-18-60(19-21-62)33-38-14-16-50(3,4)30-44(38)35-6-9-39(52)10-7-35/h6-13,15,17,27-29,31,34H,5,14,16,18-26,30,32-33H2,1-4H3,(H,56,57)(H,58,63)/t34-/m1/s1. The Balaban J connectivity index is 1.01. The van der Waals surface area contributed by atoms with Gasteiger partial charge in [-0.1, -0.05) is 56.1 Å². The number of anilines is 1. The fourth-order valence-electron chi connectivity index (χ4n) is 9.66. The average molecular weight is 1100 g/mol. The molecule has 0 spiro atoms. The molecule has 2 aromatic heterocycles. The van der Waals surface area contributed by atoms with E-state index in [-0.39, 0.29) is 72.2 Å². The lowest BCUT2D eigenvalue weighted by Crippen LogP contribution is -2.47. The zero-order chi connectivity index (χ0) is 53.2. The molecular formula is C51H59ClF3N7O9S3. The number of nitrogens with one attached hydrogen (secondary N) is 2. The number of nitrogens with zero attached hydrogens (tertiary/aromatic N) is 5. The minimum absolute atomic E-state index is 0.0361. The lowest BCUT2D eigenvalue weighted by Gasteiger charge is -2.39. The SMILES string of the molecule is CCOC(=O)N=S1(=O)CCN(C[C@H](C)Cc2ccc(S(=O)(=O)NC(=O)c3ccc(N4CCN(CC5=C(c6ccc(Cl)cc6)CC(C)(C)CC5)CC4)cc3Oc3cnc4[nH]ccc4c3)cc2S(=O)(=O)C(F)(F)F)CC1. The van der Waals surface area contributed by atoms with E-state index in [2.05, 4.69) is 50.1 Å². The second-order valence-corrected chi connectivity index (χ2v) is 26.4. The van der Waals surface area contributed by atoms with Gasteiger partial charge in [0.1, 0.15) is 17.1 Å². The molecule has 3 aromatic carbocycles. The largest absolute Gasteiger partial charge is 0.501 e. The van der Waals surface area contributed by atoms with Gasteiger partial charge < -0.3 is 24.3 Å². The van der Waals surface area contributed by atoms with Crippen LogP contribution in [0.25, 0.3) is 16.6 Å². The van der Waals surface area contributed by atoms with Gasteiger partial charge >= 0.3 is 11.6 Å². The van der Waals surface area contributed by atoms with Crippen molar-refractivity contribution in [2.45, 2.75) is 68.7 Å². The summed E-state index contributed by atoms with van der Waals surface area (Å²) in [7, 11) is -14.0. The van der Waals surface area contributed by atoms with E-state index < -0.39 is 62.8 Å². The molecule has 5 aromatic rings. The van der Waals surface area contributed by atoms with Gasteiger partial charge in [-0.15, -0.1) is 4.36 Å². The molecule has 3 aliphatic rings. The maximum absolute atomic E-state index is 14.2. The summed E-state index contributed by atoms with van der Waals surface area (Å²) < 4.78 is 127. The molecule has 398 valence electrons. The van der Waals surface area contributed by atoms with Crippen LogP contribution in [-0.2, 0) is 40.7 Å². The number of sulfone groups is 1. The Bertz CT molecular complexity index is 3300. The molecule has 0 bridgehead atoms. The normalized spacial score (nSPS) is 18.2. The highest BCUT2D eigenvalue weighted by Gasteiger charge is 2.48. The number of aromatic nitrogens is 2. The van der Waals surface area contributed by atoms with E-state index in [9.17, 15) is 43.8 Å². The number of ether oxygens (including phenoxy) is 2.